The zero-order chi connectivity index (χ0) is 95.8. The van der Waals surface area contributed by atoms with Crippen molar-refractivity contribution in [2.45, 2.75) is 47.3 Å². The summed E-state index contributed by atoms with van der Waals surface area (Å²) >= 11 is 29.6. The molecule has 0 saturated heterocycles. The third-order valence-electron chi connectivity index (χ3n) is 17.1. The van der Waals surface area contributed by atoms with Crippen molar-refractivity contribution < 1.29 is 138 Å². The summed E-state index contributed by atoms with van der Waals surface area (Å²) in [6.45, 7) is 0. The Bertz CT molecular complexity index is 4830. The second-order valence-corrected chi connectivity index (χ2v) is 25.6. The van der Waals surface area contributed by atoms with Gasteiger partial charge in [-0.15, -0.1) is 0 Å². The van der Waals surface area contributed by atoms with Gasteiger partial charge >= 0.3 is 76.3 Å². The van der Waals surface area contributed by atoms with Gasteiger partial charge in [0, 0.05) is 148 Å². The minimum atomic E-state index is -1.75. The molecule has 12 N–H and O–H groups in total. The minimum absolute atomic E-state index is 0. The standard InChI is InChI=1S/2C24H20N4.2C12H10N2.2C5H5NO.8CNS.2Dy.2NO3.2H2O/c2*1-9-25-10-2-17(1)21-22(18-3-11-26-12-4-18)24(20-7-15-28-16-8-20)23(21)19-5-13-27-14-6-19;2*1(11-3-7-13-8-4-11)2-12-5-9-14-10-6-12;2*7-5-1-3-6-4-2-5;8*2-1-3;;;2*2-1(3)4;;/h2*1-16,21-24H;2*1-10H;2*1-4H,(H,6,7);;;;;;;;;;;;;2*1H2/q;;;;;;8*-1;2*+3;2*-1;;/p+6/b;;2*2-1+;;;;;;;;;;;;;;;;. The minimum Gasteiger partial charge on any atom is -0.872 e. The van der Waals surface area contributed by atoms with Gasteiger partial charge in [0.15, 0.2) is 74.4 Å². The van der Waals surface area contributed by atoms with E-state index in [0.717, 1.165) is 11.1 Å². The summed E-state index contributed by atoms with van der Waals surface area (Å²) in [5.74, 6) is 3.13. The van der Waals surface area contributed by atoms with Crippen molar-refractivity contribution in [1.82, 2.24) is 39.9 Å². The maximum atomic E-state index is 10.2. The van der Waals surface area contributed by atoms with E-state index < -0.39 is 10.2 Å². The van der Waals surface area contributed by atoms with Crippen molar-refractivity contribution in [2.24, 2.45) is 0 Å². The first-order valence-electron chi connectivity index (χ1n) is 36.7. The van der Waals surface area contributed by atoms with Crippen LogP contribution in [0.4, 0.5) is 0 Å². The molecule has 34 nitrogen and oxygen atoms in total. The molecule has 0 unspecified atom stereocenters. The van der Waals surface area contributed by atoms with Gasteiger partial charge in [0.2, 0.25) is 0 Å². The molecule has 2 radical (unpaired) electrons. The Labute approximate surface area is 874 Å². The second-order valence-electron chi connectivity index (χ2n) is 24.1. The summed E-state index contributed by atoms with van der Waals surface area (Å²) in [5, 5.41) is 118. The van der Waals surface area contributed by atoms with Crippen LogP contribution in [0.25, 0.3) is 67.6 Å². The van der Waals surface area contributed by atoms with Gasteiger partial charge in [-0.3, -0.25) is 39.9 Å². The number of isothiocyanates is 8. The van der Waals surface area contributed by atoms with Crippen LogP contribution in [0, 0.1) is 107 Å². The molecule has 0 bridgehead atoms. The summed E-state index contributed by atoms with van der Waals surface area (Å²) in [6.07, 6.45) is 60.3. The smallest absolute Gasteiger partial charge is 0.872 e. The number of aromatic nitrogens is 14. The Morgan fingerprint density at radius 2 is 0.336 bits per heavy atom. The number of nitrogens with one attached hydrogen (secondary N) is 6. The summed E-state index contributed by atoms with van der Waals surface area (Å²) in [5.41, 5.74) is 15.4. The van der Waals surface area contributed by atoms with Crippen LogP contribution < -0.4 is 40.1 Å². The Kier molecular flexibility index (Phi) is 80.3. The molecule has 14 aromatic heterocycles. The van der Waals surface area contributed by atoms with Crippen molar-refractivity contribution >= 4 is 163 Å². The van der Waals surface area contributed by atoms with E-state index in [0.29, 0.717) is 47.3 Å². The molecule has 14 heterocycles. The topological polar surface area (TPSA) is 611 Å². The van der Waals surface area contributed by atoms with Crippen LogP contribution in [0.15, 0.2) is 343 Å². The molecule has 0 amide bonds. The van der Waals surface area contributed by atoms with Crippen LogP contribution in [0.3, 0.4) is 0 Å². The van der Waals surface area contributed by atoms with Gasteiger partial charge in [-0.25, -0.2) is 29.9 Å². The summed E-state index contributed by atoms with van der Waals surface area (Å²) in [6, 6.07) is 56.6. The average Bonchev–Trinajstić information content (AvgIpc) is 0.722. The number of aromatic amines is 6. The largest absolute Gasteiger partial charge is 3.00 e. The van der Waals surface area contributed by atoms with Crippen LogP contribution in [-0.4, -0.2) is 91.3 Å². The zero-order valence-corrected chi connectivity index (χ0v) is 80.2. The van der Waals surface area contributed by atoms with E-state index in [-0.39, 0.29) is 98.8 Å². The van der Waals surface area contributed by atoms with E-state index in [1.54, 1.807) is 49.6 Å². The van der Waals surface area contributed by atoms with Crippen LogP contribution in [0.1, 0.15) is 114 Å². The first kappa shape index (κ1) is 127. The molecule has 44 heteroatoms. The molecule has 686 valence electrons. The maximum Gasteiger partial charge on any atom is 3.00 e. The van der Waals surface area contributed by atoms with E-state index >= 15 is 0 Å². The van der Waals surface area contributed by atoms with E-state index in [2.05, 4.69) is 289 Å². The molecule has 2 aliphatic rings. The van der Waals surface area contributed by atoms with E-state index in [4.69, 9.17) is 73.9 Å². The van der Waals surface area contributed by atoms with Crippen molar-refractivity contribution in [3.63, 3.8) is 0 Å². The fraction of sp³-hybridized carbons (Fsp3) is 0.0889. The van der Waals surface area contributed by atoms with E-state index in [9.17, 15) is 10.2 Å². The fourth-order valence-corrected chi connectivity index (χ4v) is 12.7. The Hall–Kier alpha value is -13.6. The molecular formula is C90H80Dy2N24O10S8+2. The summed E-state index contributed by atoms with van der Waals surface area (Å²) in [4.78, 5) is 67.6. The number of H-pyrrole nitrogens is 6. The average molecular weight is 2240 g/mol. The predicted molar refractivity (Wildman–Crippen MR) is 529 cm³/mol. The monoisotopic (exact) mass is 2240 g/mol. The SMILES string of the molecule is C(=C\c1cc[nH+]cc1)/c1ccncc1.C(=C\c1cc[nH+]cc1)/c1ccncc1.O=[N+]([O-])[O-].O=[N+]([O-])[O-].[Dy+3].[Dy+3].[N-]=C=S.[N-]=C=S.[N-]=C=S.[N-]=C=S.[N-]=C=S.[N-]=C=S.[N-]=C=S.[N-]=C=S.[O-]c1cc[nH+]cc1.[O-]c1cc[nH+]cc1.[OH3+].[OH3+].c1cc(C2C(c3cc[nH+]cc3)C(c3ccncc3)C2c2cc[nH+]cc2)ccn1.c1cc(C2C(c3ccncc3)C(c3ccncc3)C2c2ccncc2)ccn1. The van der Waals surface area contributed by atoms with Crippen LogP contribution in [0.2, 0.25) is 0 Å². The molecule has 0 atom stereocenters. The molecule has 0 spiro atoms. The second kappa shape index (κ2) is 85.0. The van der Waals surface area contributed by atoms with Gasteiger partial charge in [-0.2, -0.15) is 41.3 Å². The summed E-state index contributed by atoms with van der Waals surface area (Å²) < 4.78 is 0. The fourth-order valence-electron chi connectivity index (χ4n) is 12.7. The molecular weight excluding hydrogens is 2160 g/mol. The number of thiocarbonyl (C=S) groups is 8. The number of nitrogens with zero attached hydrogens (tertiary/aromatic N) is 18. The molecule has 14 aromatic rings. The molecule has 0 aromatic carbocycles. The van der Waals surface area contributed by atoms with Crippen LogP contribution >= 0.6 is 97.7 Å². The molecule has 2 aliphatic carbocycles. The van der Waals surface area contributed by atoms with Crippen molar-refractivity contribution in [3.05, 3.63) is 484 Å². The predicted octanol–water partition coefficient (Wildman–Crippen LogP) is 14.5. The van der Waals surface area contributed by atoms with Crippen molar-refractivity contribution in [2.75, 3.05) is 0 Å². The Balaban J connectivity index is -0.000000736. The third kappa shape index (κ3) is 54.9. The van der Waals surface area contributed by atoms with E-state index in [1.807, 2.05) is 172 Å². The van der Waals surface area contributed by atoms with Crippen LogP contribution in [0.5, 0.6) is 11.5 Å². The Morgan fingerprint density at radius 1 is 0.231 bits per heavy atom. The third-order valence-corrected chi connectivity index (χ3v) is 17.1. The van der Waals surface area contributed by atoms with Gasteiger partial charge in [0.05, 0.1) is 10.2 Å². The zero-order valence-electron chi connectivity index (χ0n) is 69.6. The summed E-state index contributed by atoms with van der Waals surface area (Å²) in [7, 11) is 0. The molecule has 16 rings (SSSR count). The van der Waals surface area contributed by atoms with Gasteiger partial charge in [-0.05, 0) is 235 Å². The first-order chi connectivity index (χ1) is 63.3. The van der Waals surface area contributed by atoms with Gasteiger partial charge in [0.1, 0.15) is 0 Å². The van der Waals surface area contributed by atoms with E-state index in [1.165, 1.54) is 121 Å². The quantitative estimate of drug-likeness (QED) is 0.0360. The van der Waals surface area contributed by atoms with Gasteiger partial charge < -0.3 is 95.1 Å². The number of hydrogen-bond acceptors (Lipinski definition) is 24. The molecule has 2 saturated carbocycles. The van der Waals surface area contributed by atoms with Gasteiger partial charge in [-0.1, -0.05) is 134 Å². The Morgan fingerprint density at radius 3 is 0.463 bits per heavy atom. The number of pyridine rings is 14. The number of hydrogen-bond donors (Lipinski definition) is 0. The van der Waals surface area contributed by atoms with Crippen molar-refractivity contribution in [3.8, 4) is 11.5 Å². The molecule has 2 fully saturated rings. The first-order valence-corrected chi connectivity index (χ1v) is 40.0. The molecule has 0 aliphatic heterocycles. The normalized spacial score (nSPS) is 13.9. The van der Waals surface area contributed by atoms with Crippen molar-refractivity contribution in [1.29, 1.82) is 0 Å². The number of rotatable bonds is 12. The molecule has 134 heavy (non-hydrogen) atoms. The van der Waals surface area contributed by atoms with Crippen LogP contribution in [-0.2, 0) is 11.0 Å². The maximum absolute atomic E-state index is 10.2. The van der Waals surface area contributed by atoms with Gasteiger partial charge in [0.25, 0.3) is 0 Å².